The van der Waals surface area contributed by atoms with E-state index < -0.39 is 0 Å². The predicted molar refractivity (Wildman–Crippen MR) is 61.1 cm³/mol. The van der Waals surface area contributed by atoms with E-state index in [0.717, 1.165) is 11.1 Å². The molecule has 0 aliphatic heterocycles. The molecule has 5 heteroatoms. The minimum atomic E-state index is -0.0143. The molecule has 0 aromatic carbocycles. The molecule has 14 heavy (non-hydrogen) atoms. The van der Waals surface area contributed by atoms with Crippen molar-refractivity contribution in [2.24, 2.45) is 0 Å². The molecule has 0 saturated carbocycles. The van der Waals surface area contributed by atoms with Gasteiger partial charge in [-0.25, -0.2) is 4.68 Å². The molecule has 0 N–H and O–H groups in total. The lowest BCUT2D eigenvalue weighted by molar-refractivity contribution is 0.326. The molecule has 0 aliphatic carbocycles. The van der Waals surface area contributed by atoms with Crippen LogP contribution in [0.25, 0.3) is 0 Å². The minimum absolute atomic E-state index is 0.0143. The van der Waals surface area contributed by atoms with Crippen molar-refractivity contribution >= 4 is 17.7 Å². The van der Waals surface area contributed by atoms with Crippen molar-refractivity contribution in [3.8, 4) is 0 Å². The maximum atomic E-state index is 4.46. The van der Waals surface area contributed by atoms with Gasteiger partial charge in [0.1, 0.15) is 0 Å². The van der Waals surface area contributed by atoms with Gasteiger partial charge in [0.2, 0.25) is 5.95 Å². The van der Waals surface area contributed by atoms with Crippen molar-refractivity contribution in [2.75, 3.05) is 25.3 Å². The van der Waals surface area contributed by atoms with Gasteiger partial charge >= 0.3 is 0 Å². The second kappa shape index (κ2) is 3.81. The summed E-state index contributed by atoms with van der Waals surface area (Å²) in [5.41, 5.74) is -0.0143. The first-order valence-electron chi connectivity index (χ1n) is 4.55. The molecule has 4 nitrogen and oxygen atoms in total. The van der Waals surface area contributed by atoms with Crippen LogP contribution in [0.5, 0.6) is 0 Å². The summed E-state index contributed by atoms with van der Waals surface area (Å²) in [5, 5.41) is 5.42. The third-order valence-electron chi connectivity index (χ3n) is 1.78. The second-order valence-corrected chi connectivity index (χ2v) is 5.15. The first kappa shape index (κ1) is 11.4. The maximum absolute atomic E-state index is 4.46. The Hall–Kier alpha value is -0.710. The van der Waals surface area contributed by atoms with Crippen LogP contribution in [0.3, 0.4) is 0 Å². The summed E-state index contributed by atoms with van der Waals surface area (Å²) in [6.45, 7) is 6.38. The molecule has 1 heterocycles. The van der Waals surface area contributed by atoms with Gasteiger partial charge in [0.25, 0.3) is 0 Å². The van der Waals surface area contributed by atoms with E-state index in [2.05, 4.69) is 30.9 Å². The standard InChI is InChI=1S/C9H18N4S/c1-9(2,3)13-8(14-6)10-7(11-13)12(4)5/h1-6H3. The Bertz CT molecular complexity index is 311. The Labute approximate surface area is 89.7 Å². The van der Waals surface area contributed by atoms with Crippen LogP contribution in [0, 0.1) is 0 Å². The highest BCUT2D eigenvalue weighted by Crippen LogP contribution is 2.23. The average molecular weight is 214 g/mol. The highest BCUT2D eigenvalue weighted by Gasteiger charge is 2.20. The number of thioether (sulfide) groups is 1. The zero-order chi connectivity index (χ0) is 10.9. The van der Waals surface area contributed by atoms with Gasteiger partial charge in [0, 0.05) is 14.1 Å². The van der Waals surface area contributed by atoms with E-state index in [1.165, 1.54) is 0 Å². The Kier molecular flexibility index (Phi) is 3.09. The smallest absolute Gasteiger partial charge is 0.245 e. The van der Waals surface area contributed by atoms with Gasteiger partial charge < -0.3 is 4.90 Å². The molecule has 1 aromatic rings. The molecule has 0 amide bonds. The van der Waals surface area contributed by atoms with E-state index in [1.54, 1.807) is 11.8 Å². The fourth-order valence-corrected chi connectivity index (χ4v) is 1.71. The van der Waals surface area contributed by atoms with E-state index in [-0.39, 0.29) is 5.54 Å². The lowest BCUT2D eigenvalue weighted by Gasteiger charge is -2.20. The first-order valence-corrected chi connectivity index (χ1v) is 5.77. The van der Waals surface area contributed by atoms with Gasteiger partial charge in [-0.05, 0) is 27.0 Å². The number of anilines is 1. The van der Waals surface area contributed by atoms with Crippen LogP contribution in [0.4, 0.5) is 5.95 Å². The molecular weight excluding hydrogens is 196 g/mol. The molecule has 0 atom stereocenters. The lowest BCUT2D eigenvalue weighted by Crippen LogP contribution is -2.24. The average Bonchev–Trinajstić information content (AvgIpc) is 2.46. The Morgan fingerprint density at radius 3 is 2.14 bits per heavy atom. The summed E-state index contributed by atoms with van der Waals surface area (Å²) in [6, 6.07) is 0. The van der Waals surface area contributed by atoms with Gasteiger partial charge in [-0.3, -0.25) is 0 Å². The van der Waals surface area contributed by atoms with E-state index in [1.807, 2.05) is 29.9 Å². The molecular formula is C9H18N4S. The van der Waals surface area contributed by atoms with Crippen molar-refractivity contribution in [2.45, 2.75) is 31.5 Å². The van der Waals surface area contributed by atoms with Gasteiger partial charge in [-0.2, -0.15) is 4.98 Å². The van der Waals surface area contributed by atoms with Gasteiger partial charge in [-0.15, -0.1) is 5.10 Å². The molecule has 0 fully saturated rings. The van der Waals surface area contributed by atoms with Crippen LogP contribution in [0.15, 0.2) is 5.16 Å². The molecule has 0 aliphatic rings. The predicted octanol–water partition coefficient (Wildman–Crippen LogP) is 1.82. The van der Waals surface area contributed by atoms with Crippen molar-refractivity contribution in [3.63, 3.8) is 0 Å². The Morgan fingerprint density at radius 2 is 1.86 bits per heavy atom. The third-order valence-corrected chi connectivity index (χ3v) is 2.41. The molecule has 1 aromatic heterocycles. The second-order valence-electron chi connectivity index (χ2n) is 4.38. The summed E-state index contributed by atoms with van der Waals surface area (Å²) in [4.78, 5) is 6.35. The fraction of sp³-hybridized carbons (Fsp3) is 0.778. The topological polar surface area (TPSA) is 34.0 Å². The van der Waals surface area contributed by atoms with Gasteiger partial charge in [0.05, 0.1) is 5.54 Å². The highest BCUT2D eigenvalue weighted by molar-refractivity contribution is 7.98. The van der Waals surface area contributed by atoms with Gasteiger partial charge in [-0.1, -0.05) is 11.8 Å². The zero-order valence-corrected chi connectivity index (χ0v) is 10.5. The van der Waals surface area contributed by atoms with E-state index in [4.69, 9.17) is 0 Å². The Balaban J connectivity index is 3.16. The summed E-state index contributed by atoms with van der Waals surface area (Å²) in [6.07, 6.45) is 2.02. The number of hydrogen-bond donors (Lipinski definition) is 0. The van der Waals surface area contributed by atoms with Crippen molar-refractivity contribution < 1.29 is 0 Å². The van der Waals surface area contributed by atoms with Crippen LogP contribution in [0.2, 0.25) is 0 Å². The first-order chi connectivity index (χ1) is 6.36. The summed E-state index contributed by atoms with van der Waals surface area (Å²) < 4.78 is 1.97. The van der Waals surface area contributed by atoms with E-state index in [9.17, 15) is 0 Å². The number of hydrogen-bond acceptors (Lipinski definition) is 4. The third kappa shape index (κ3) is 2.20. The zero-order valence-electron chi connectivity index (χ0n) is 9.70. The summed E-state index contributed by atoms with van der Waals surface area (Å²) in [7, 11) is 3.90. The monoisotopic (exact) mass is 214 g/mol. The SMILES string of the molecule is CSc1nc(N(C)C)nn1C(C)(C)C. The summed E-state index contributed by atoms with van der Waals surface area (Å²) in [5.74, 6) is 0.768. The fourth-order valence-electron chi connectivity index (χ4n) is 1.05. The molecule has 0 unspecified atom stereocenters. The normalized spacial score (nSPS) is 11.9. The van der Waals surface area contributed by atoms with Gasteiger partial charge in [0.15, 0.2) is 5.16 Å². The number of rotatable bonds is 2. The molecule has 0 spiro atoms. The van der Waals surface area contributed by atoms with Crippen molar-refractivity contribution in [1.82, 2.24) is 14.8 Å². The largest absolute Gasteiger partial charge is 0.346 e. The lowest BCUT2D eigenvalue weighted by atomic mass is 10.1. The van der Waals surface area contributed by atoms with Crippen LogP contribution in [0.1, 0.15) is 20.8 Å². The Morgan fingerprint density at radius 1 is 1.29 bits per heavy atom. The summed E-state index contributed by atoms with van der Waals surface area (Å²) >= 11 is 1.62. The molecule has 0 radical (unpaired) electrons. The van der Waals surface area contributed by atoms with Crippen LogP contribution < -0.4 is 4.90 Å². The molecule has 80 valence electrons. The van der Waals surface area contributed by atoms with Crippen molar-refractivity contribution in [3.05, 3.63) is 0 Å². The van der Waals surface area contributed by atoms with Crippen LogP contribution >= 0.6 is 11.8 Å². The molecule has 0 saturated heterocycles. The molecule has 0 bridgehead atoms. The van der Waals surface area contributed by atoms with E-state index in [0.29, 0.717) is 0 Å². The number of aromatic nitrogens is 3. The van der Waals surface area contributed by atoms with Crippen LogP contribution in [-0.2, 0) is 5.54 Å². The maximum Gasteiger partial charge on any atom is 0.245 e. The minimum Gasteiger partial charge on any atom is -0.346 e. The molecule has 1 rings (SSSR count). The van der Waals surface area contributed by atoms with E-state index >= 15 is 0 Å². The highest BCUT2D eigenvalue weighted by atomic mass is 32.2. The number of nitrogens with zero attached hydrogens (tertiary/aromatic N) is 4. The van der Waals surface area contributed by atoms with Crippen molar-refractivity contribution in [1.29, 1.82) is 0 Å². The van der Waals surface area contributed by atoms with Crippen LogP contribution in [-0.4, -0.2) is 35.1 Å². The quantitative estimate of drug-likeness (QED) is 0.703.